The largest absolute Gasteiger partial charge is 0.355 e. The molecule has 5 nitrogen and oxygen atoms in total. The molecule has 5 rings (SSSR count). The van der Waals surface area contributed by atoms with Gasteiger partial charge in [-0.1, -0.05) is 61.4 Å². The van der Waals surface area contributed by atoms with E-state index in [4.69, 9.17) is 0 Å². The summed E-state index contributed by atoms with van der Waals surface area (Å²) in [7, 11) is 0. The second kappa shape index (κ2) is 8.83. The van der Waals surface area contributed by atoms with Crippen LogP contribution in [-0.2, 0) is 9.59 Å². The van der Waals surface area contributed by atoms with E-state index in [-0.39, 0.29) is 23.8 Å². The highest BCUT2D eigenvalue weighted by Crippen LogP contribution is 2.46. The molecular formula is C26H31N3O2. The van der Waals surface area contributed by atoms with Gasteiger partial charge in [-0.25, -0.2) is 0 Å². The summed E-state index contributed by atoms with van der Waals surface area (Å²) in [6, 6.07) is 17.7. The van der Waals surface area contributed by atoms with Crippen LogP contribution in [0.1, 0.15) is 49.3 Å². The maximum Gasteiger partial charge on any atom is 0.224 e. The molecule has 2 aromatic rings. The second-order valence-corrected chi connectivity index (χ2v) is 9.02. The van der Waals surface area contributed by atoms with Gasteiger partial charge in [0.1, 0.15) is 0 Å². The van der Waals surface area contributed by atoms with Gasteiger partial charge in [0.25, 0.3) is 0 Å². The van der Waals surface area contributed by atoms with Crippen LogP contribution >= 0.6 is 0 Å². The zero-order valence-corrected chi connectivity index (χ0v) is 18.1. The molecule has 2 amide bonds. The van der Waals surface area contributed by atoms with Gasteiger partial charge in [0.15, 0.2) is 0 Å². The zero-order valence-electron chi connectivity index (χ0n) is 18.1. The van der Waals surface area contributed by atoms with E-state index in [1.165, 1.54) is 22.3 Å². The van der Waals surface area contributed by atoms with Crippen molar-refractivity contribution in [2.45, 2.75) is 38.1 Å². The van der Waals surface area contributed by atoms with Crippen molar-refractivity contribution in [1.29, 1.82) is 0 Å². The molecular weight excluding hydrogens is 386 g/mol. The monoisotopic (exact) mass is 417 g/mol. The van der Waals surface area contributed by atoms with Gasteiger partial charge in [0.2, 0.25) is 11.8 Å². The summed E-state index contributed by atoms with van der Waals surface area (Å²) in [6.45, 7) is 3.69. The Bertz CT molecular complexity index is 913. The minimum Gasteiger partial charge on any atom is -0.355 e. The average molecular weight is 418 g/mol. The Morgan fingerprint density at radius 3 is 2.03 bits per heavy atom. The van der Waals surface area contributed by atoms with E-state index in [0.717, 1.165) is 51.9 Å². The number of carbonyl (C=O) groups is 2. The molecule has 2 aliphatic carbocycles. The van der Waals surface area contributed by atoms with Gasteiger partial charge >= 0.3 is 0 Å². The van der Waals surface area contributed by atoms with E-state index in [2.05, 4.69) is 58.7 Å². The average Bonchev–Trinajstić information content (AvgIpc) is 3.46. The summed E-state index contributed by atoms with van der Waals surface area (Å²) < 4.78 is 0. The number of hydrogen-bond donors (Lipinski definition) is 1. The third-order valence-electron chi connectivity index (χ3n) is 7.20. The molecule has 1 saturated heterocycles. The Labute approximate surface area is 184 Å². The Hall–Kier alpha value is -2.66. The Morgan fingerprint density at radius 1 is 0.839 bits per heavy atom. The van der Waals surface area contributed by atoms with Crippen LogP contribution in [0.5, 0.6) is 0 Å². The van der Waals surface area contributed by atoms with Crippen molar-refractivity contribution in [3.8, 4) is 11.1 Å². The first kappa shape index (κ1) is 20.3. The van der Waals surface area contributed by atoms with E-state index in [9.17, 15) is 9.59 Å². The SMILES string of the molecule is O=C(NCCC(=O)N1CCN(C2c3ccccc3-c3ccccc32)CC1)C1CCCC1. The van der Waals surface area contributed by atoms with E-state index in [1.54, 1.807) is 0 Å². The fourth-order valence-corrected chi connectivity index (χ4v) is 5.53. The summed E-state index contributed by atoms with van der Waals surface area (Å²) in [6.07, 6.45) is 4.69. The molecule has 1 N–H and O–H groups in total. The van der Waals surface area contributed by atoms with Crippen LogP contribution < -0.4 is 5.32 Å². The fraction of sp³-hybridized carbons (Fsp3) is 0.462. The van der Waals surface area contributed by atoms with Crippen molar-refractivity contribution in [1.82, 2.24) is 15.1 Å². The van der Waals surface area contributed by atoms with Crippen LogP contribution in [0.15, 0.2) is 48.5 Å². The van der Waals surface area contributed by atoms with E-state index in [0.29, 0.717) is 13.0 Å². The molecule has 0 unspecified atom stereocenters. The maximum atomic E-state index is 12.7. The van der Waals surface area contributed by atoms with Crippen molar-refractivity contribution in [3.05, 3.63) is 59.7 Å². The third kappa shape index (κ3) is 3.99. The Balaban J connectivity index is 1.16. The number of nitrogens with one attached hydrogen (secondary N) is 1. The molecule has 31 heavy (non-hydrogen) atoms. The molecule has 1 aliphatic heterocycles. The molecule has 2 aromatic carbocycles. The van der Waals surface area contributed by atoms with Gasteiger partial charge in [-0.3, -0.25) is 14.5 Å². The van der Waals surface area contributed by atoms with Gasteiger partial charge in [-0.2, -0.15) is 0 Å². The number of nitrogens with zero attached hydrogens (tertiary/aromatic N) is 2. The summed E-state index contributed by atoms with van der Waals surface area (Å²) in [5.41, 5.74) is 5.41. The van der Waals surface area contributed by atoms with E-state index < -0.39 is 0 Å². The molecule has 0 radical (unpaired) electrons. The van der Waals surface area contributed by atoms with Crippen LogP contribution in [0.25, 0.3) is 11.1 Å². The molecule has 1 heterocycles. The fourth-order valence-electron chi connectivity index (χ4n) is 5.53. The van der Waals surface area contributed by atoms with Crippen molar-refractivity contribution in [2.24, 2.45) is 5.92 Å². The molecule has 0 aromatic heterocycles. The minimum absolute atomic E-state index is 0.133. The van der Waals surface area contributed by atoms with Crippen LogP contribution in [0.3, 0.4) is 0 Å². The van der Waals surface area contributed by atoms with Crippen molar-refractivity contribution in [2.75, 3.05) is 32.7 Å². The number of piperazine rings is 1. The minimum atomic E-state index is 0.133. The maximum absolute atomic E-state index is 12.7. The molecule has 1 saturated carbocycles. The predicted molar refractivity (Wildman–Crippen MR) is 121 cm³/mol. The summed E-state index contributed by atoms with van der Waals surface area (Å²) >= 11 is 0. The Kier molecular flexibility index (Phi) is 5.77. The Morgan fingerprint density at radius 2 is 1.42 bits per heavy atom. The summed E-state index contributed by atoms with van der Waals surface area (Å²) in [4.78, 5) is 29.3. The second-order valence-electron chi connectivity index (χ2n) is 9.02. The highest BCUT2D eigenvalue weighted by Gasteiger charge is 2.34. The van der Waals surface area contributed by atoms with Crippen molar-refractivity contribution >= 4 is 11.8 Å². The third-order valence-corrected chi connectivity index (χ3v) is 7.20. The molecule has 0 spiro atoms. The highest BCUT2D eigenvalue weighted by molar-refractivity contribution is 5.81. The predicted octanol–water partition coefficient (Wildman–Crippen LogP) is 3.60. The van der Waals surface area contributed by atoms with Gasteiger partial charge < -0.3 is 10.2 Å². The van der Waals surface area contributed by atoms with E-state index in [1.807, 2.05) is 4.90 Å². The number of hydrogen-bond acceptors (Lipinski definition) is 3. The lowest BCUT2D eigenvalue weighted by Gasteiger charge is -2.38. The molecule has 3 aliphatic rings. The van der Waals surface area contributed by atoms with Crippen molar-refractivity contribution < 1.29 is 9.59 Å². The van der Waals surface area contributed by atoms with Gasteiger partial charge in [-0.15, -0.1) is 0 Å². The topological polar surface area (TPSA) is 52.7 Å². The molecule has 5 heteroatoms. The first-order valence-corrected chi connectivity index (χ1v) is 11.7. The van der Waals surface area contributed by atoms with Gasteiger partial charge in [0, 0.05) is 45.1 Å². The lowest BCUT2D eigenvalue weighted by Crippen LogP contribution is -2.50. The quantitative estimate of drug-likeness (QED) is 0.809. The number of fused-ring (bicyclic) bond motifs is 3. The molecule has 0 atom stereocenters. The number of amides is 2. The summed E-state index contributed by atoms with van der Waals surface area (Å²) in [5, 5.41) is 2.97. The zero-order chi connectivity index (χ0) is 21.2. The summed E-state index contributed by atoms with van der Waals surface area (Å²) in [5.74, 6) is 0.447. The van der Waals surface area contributed by atoms with Crippen LogP contribution in [0.4, 0.5) is 0 Å². The van der Waals surface area contributed by atoms with Crippen LogP contribution in [-0.4, -0.2) is 54.3 Å². The van der Waals surface area contributed by atoms with Crippen molar-refractivity contribution in [3.63, 3.8) is 0 Å². The first-order chi connectivity index (χ1) is 15.2. The number of benzene rings is 2. The highest BCUT2D eigenvalue weighted by atomic mass is 16.2. The normalized spacial score (nSPS) is 19.3. The molecule has 2 fully saturated rings. The van der Waals surface area contributed by atoms with Crippen LogP contribution in [0.2, 0.25) is 0 Å². The standard InChI is InChI=1S/C26H31N3O2/c30-24(13-14-27-26(31)19-7-1-2-8-19)28-15-17-29(18-16-28)25-22-11-5-3-9-20(22)21-10-4-6-12-23(21)25/h3-6,9-12,19,25H,1-2,7-8,13-18H2,(H,27,31). The lowest BCUT2D eigenvalue weighted by molar-refractivity contribution is -0.133. The molecule has 0 bridgehead atoms. The number of rotatable bonds is 5. The van der Waals surface area contributed by atoms with E-state index >= 15 is 0 Å². The lowest BCUT2D eigenvalue weighted by atomic mass is 10.0. The number of carbonyl (C=O) groups excluding carboxylic acids is 2. The molecule has 162 valence electrons. The van der Waals surface area contributed by atoms with Gasteiger partial charge in [-0.05, 0) is 35.1 Å². The van der Waals surface area contributed by atoms with Crippen LogP contribution in [0, 0.1) is 5.92 Å². The first-order valence-electron chi connectivity index (χ1n) is 11.7. The smallest absolute Gasteiger partial charge is 0.224 e. The van der Waals surface area contributed by atoms with Gasteiger partial charge in [0.05, 0.1) is 6.04 Å².